The smallest absolute Gasteiger partial charge is 0.321 e. The van der Waals surface area contributed by atoms with Crippen LogP contribution in [0.4, 0.5) is 0 Å². The van der Waals surface area contributed by atoms with Gasteiger partial charge in [-0.3, -0.25) is 4.79 Å². The van der Waals surface area contributed by atoms with Crippen LogP contribution in [0.5, 0.6) is 0 Å². The van der Waals surface area contributed by atoms with E-state index < -0.39 is 22.0 Å². The number of nitrogens with one attached hydrogen (secondary N) is 1. The van der Waals surface area contributed by atoms with Crippen molar-refractivity contribution in [3.63, 3.8) is 0 Å². The average Bonchev–Trinajstić information content (AvgIpc) is 2.46. The molecule has 0 saturated carbocycles. The molecular weight excluding hydrogens is 294 g/mol. The van der Waals surface area contributed by atoms with Gasteiger partial charge in [-0.1, -0.05) is 19.1 Å². The fourth-order valence-corrected chi connectivity index (χ4v) is 3.05. The quantitative estimate of drug-likeness (QED) is 0.672. The maximum atomic E-state index is 12.2. The van der Waals surface area contributed by atoms with E-state index in [0.29, 0.717) is 13.0 Å². The standard InChI is InChI=1S/C14H21NO5S/c1-3-11-6-8-12(9-7-11)21(18,19)15-13(14(16)17)5-4-10-20-2/h6-9,13,15H,3-5,10H2,1-2H3,(H,16,17). The zero-order valence-electron chi connectivity index (χ0n) is 12.2. The van der Waals surface area contributed by atoms with Crippen LogP contribution in [0.1, 0.15) is 25.3 Å². The van der Waals surface area contributed by atoms with Crippen molar-refractivity contribution in [2.45, 2.75) is 37.1 Å². The van der Waals surface area contributed by atoms with E-state index >= 15 is 0 Å². The number of carbonyl (C=O) groups is 1. The number of hydrogen-bond donors (Lipinski definition) is 2. The zero-order chi connectivity index (χ0) is 15.9. The molecule has 0 amide bonds. The molecule has 0 aliphatic rings. The van der Waals surface area contributed by atoms with E-state index in [4.69, 9.17) is 9.84 Å². The van der Waals surface area contributed by atoms with Crippen molar-refractivity contribution in [2.75, 3.05) is 13.7 Å². The third-order valence-corrected chi connectivity index (χ3v) is 4.57. The molecule has 7 heteroatoms. The minimum atomic E-state index is -3.84. The average molecular weight is 315 g/mol. The third kappa shape index (κ3) is 5.45. The van der Waals surface area contributed by atoms with Gasteiger partial charge in [0.1, 0.15) is 6.04 Å². The van der Waals surface area contributed by atoms with Gasteiger partial charge < -0.3 is 9.84 Å². The summed E-state index contributed by atoms with van der Waals surface area (Å²) in [7, 11) is -2.33. The number of sulfonamides is 1. The van der Waals surface area contributed by atoms with Crippen LogP contribution in [0.2, 0.25) is 0 Å². The van der Waals surface area contributed by atoms with Gasteiger partial charge in [0.2, 0.25) is 10.0 Å². The van der Waals surface area contributed by atoms with E-state index in [0.717, 1.165) is 12.0 Å². The Morgan fingerprint density at radius 2 is 1.95 bits per heavy atom. The van der Waals surface area contributed by atoms with Crippen molar-refractivity contribution in [1.82, 2.24) is 4.72 Å². The molecule has 0 heterocycles. The molecule has 118 valence electrons. The highest BCUT2D eigenvalue weighted by Gasteiger charge is 2.24. The van der Waals surface area contributed by atoms with Gasteiger partial charge in [-0.2, -0.15) is 4.72 Å². The van der Waals surface area contributed by atoms with Gasteiger partial charge in [0, 0.05) is 13.7 Å². The van der Waals surface area contributed by atoms with Crippen molar-refractivity contribution in [2.24, 2.45) is 0 Å². The number of carboxylic acid groups (broad SMARTS) is 1. The summed E-state index contributed by atoms with van der Waals surface area (Å²) < 4.78 is 31.4. The van der Waals surface area contributed by atoms with E-state index in [1.165, 1.54) is 19.2 Å². The molecule has 0 saturated heterocycles. The van der Waals surface area contributed by atoms with Gasteiger partial charge in [-0.25, -0.2) is 8.42 Å². The molecule has 0 radical (unpaired) electrons. The topological polar surface area (TPSA) is 92.7 Å². The van der Waals surface area contributed by atoms with Crippen molar-refractivity contribution >= 4 is 16.0 Å². The van der Waals surface area contributed by atoms with E-state index in [9.17, 15) is 13.2 Å². The van der Waals surface area contributed by atoms with Crippen LogP contribution >= 0.6 is 0 Å². The van der Waals surface area contributed by atoms with Gasteiger partial charge >= 0.3 is 5.97 Å². The van der Waals surface area contributed by atoms with Crippen LogP contribution in [0.25, 0.3) is 0 Å². The van der Waals surface area contributed by atoms with Crippen molar-refractivity contribution in [1.29, 1.82) is 0 Å². The Morgan fingerprint density at radius 3 is 2.43 bits per heavy atom. The van der Waals surface area contributed by atoms with Crippen molar-refractivity contribution < 1.29 is 23.1 Å². The molecule has 21 heavy (non-hydrogen) atoms. The summed E-state index contributed by atoms with van der Waals surface area (Å²) in [4.78, 5) is 11.2. The molecule has 0 fully saturated rings. The van der Waals surface area contributed by atoms with Crippen molar-refractivity contribution in [3.8, 4) is 0 Å². The number of methoxy groups -OCH3 is 1. The molecule has 0 aliphatic carbocycles. The molecule has 0 aromatic heterocycles. The van der Waals surface area contributed by atoms with Crippen LogP contribution in [0, 0.1) is 0 Å². The molecule has 1 aromatic rings. The molecule has 1 unspecified atom stereocenters. The van der Waals surface area contributed by atoms with Crippen LogP contribution in [0.3, 0.4) is 0 Å². The van der Waals surface area contributed by atoms with Crippen LogP contribution in [-0.2, 0) is 26.0 Å². The number of ether oxygens (including phenoxy) is 1. The SMILES string of the molecule is CCc1ccc(S(=O)(=O)NC(CCCOC)C(=O)O)cc1. The highest BCUT2D eigenvalue weighted by Crippen LogP contribution is 2.12. The lowest BCUT2D eigenvalue weighted by molar-refractivity contribution is -0.139. The lowest BCUT2D eigenvalue weighted by Crippen LogP contribution is -2.40. The maximum Gasteiger partial charge on any atom is 0.321 e. The van der Waals surface area contributed by atoms with Crippen LogP contribution in [0.15, 0.2) is 29.2 Å². The normalized spacial score (nSPS) is 13.0. The predicted molar refractivity (Wildman–Crippen MR) is 78.7 cm³/mol. The first kappa shape index (κ1) is 17.6. The molecule has 1 atom stereocenters. The van der Waals surface area contributed by atoms with Gasteiger partial charge in [0.05, 0.1) is 4.90 Å². The Balaban J connectivity index is 2.81. The van der Waals surface area contributed by atoms with Gasteiger partial charge in [-0.15, -0.1) is 0 Å². The minimum absolute atomic E-state index is 0.0673. The molecule has 0 spiro atoms. The predicted octanol–water partition coefficient (Wildman–Crippen LogP) is 1.41. The van der Waals surface area contributed by atoms with E-state index in [-0.39, 0.29) is 11.3 Å². The fourth-order valence-electron chi connectivity index (χ4n) is 1.82. The Labute approximate surface area is 125 Å². The van der Waals surface area contributed by atoms with E-state index in [1.807, 2.05) is 6.92 Å². The monoisotopic (exact) mass is 315 g/mol. The fraction of sp³-hybridized carbons (Fsp3) is 0.500. The lowest BCUT2D eigenvalue weighted by atomic mass is 10.2. The zero-order valence-corrected chi connectivity index (χ0v) is 13.0. The summed E-state index contributed by atoms with van der Waals surface area (Å²) in [6, 6.07) is 5.24. The molecule has 1 rings (SSSR count). The Bertz CT molecular complexity index is 553. The number of hydrogen-bond acceptors (Lipinski definition) is 4. The second kappa shape index (κ2) is 8.11. The molecule has 6 nitrogen and oxygen atoms in total. The second-order valence-electron chi connectivity index (χ2n) is 4.64. The summed E-state index contributed by atoms with van der Waals surface area (Å²) in [6.07, 6.45) is 1.45. The highest BCUT2D eigenvalue weighted by molar-refractivity contribution is 7.89. The number of benzene rings is 1. The molecule has 0 aliphatic heterocycles. The first-order valence-electron chi connectivity index (χ1n) is 6.73. The number of aliphatic carboxylic acids is 1. The Kier molecular flexibility index (Phi) is 6.80. The van der Waals surface area contributed by atoms with E-state index in [2.05, 4.69) is 4.72 Å². The highest BCUT2D eigenvalue weighted by atomic mass is 32.2. The first-order valence-corrected chi connectivity index (χ1v) is 8.22. The molecular formula is C14H21NO5S. The number of aryl methyl sites for hydroxylation is 1. The Hall–Kier alpha value is -1.44. The summed E-state index contributed by atoms with van der Waals surface area (Å²) in [5, 5.41) is 9.10. The van der Waals surface area contributed by atoms with Crippen LogP contribution < -0.4 is 4.72 Å². The van der Waals surface area contributed by atoms with Crippen molar-refractivity contribution in [3.05, 3.63) is 29.8 Å². The van der Waals surface area contributed by atoms with Gasteiger partial charge in [-0.05, 0) is 37.0 Å². The third-order valence-electron chi connectivity index (χ3n) is 3.08. The maximum absolute atomic E-state index is 12.2. The second-order valence-corrected chi connectivity index (χ2v) is 6.36. The summed E-state index contributed by atoms with van der Waals surface area (Å²) in [5.74, 6) is -1.19. The summed E-state index contributed by atoms with van der Waals surface area (Å²) in [5.41, 5.74) is 1.02. The lowest BCUT2D eigenvalue weighted by Gasteiger charge is -2.14. The van der Waals surface area contributed by atoms with E-state index in [1.54, 1.807) is 12.1 Å². The number of rotatable bonds is 9. The molecule has 1 aromatic carbocycles. The largest absolute Gasteiger partial charge is 0.480 e. The Morgan fingerprint density at radius 1 is 1.33 bits per heavy atom. The summed E-state index contributed by atoms with van der Waals surface area (Å²) >= 11 is 0. The molecule has 2 N–H and O–H groups in total. The van der Waals surface area contributed by atoms with Gasteiger partial charge in [0.25, 0.3) is 0 Å². The first-order chi connectivity index (χ1) is 9.90. The number of carboxylic acids is 1. The minimum Gasteiger partial charge on any atom is -0.480 e. The van der Waals surface area contributed by atoms with Gasteiger partial charge in [0.15, 0.2) is 0 Å². The molecule has 0 bridgehead atoms. The summed E-state index contributed by atoms with van der Waals surface area (Å²) in [6.45, 7) is 2.36. The van der Waals surface area contributed by atoms with Crippen LogP contribution in [-0.4, -0.2) is 39.3 Å².